The molecule has 2 aliphatic rings. The Labute approximate surface area is 373 Å². The first kappa shape index (κ1) is 36.9. The van der Waals surface area contributed by atoms with Crippen molar-refractivity contribution in [3.63, 3.8) is 0 Å². The van der Waals surface area contributed by atoms with Gasteiger partial charge in [0.25, 0.3) is 0 Å². The van der Waals surface area contributed by atoms with Crippen molar-refractivity contribution in [1.29, 1.82) is 0 Å². The van der Waals surface area contributed by atoms with E-state index in [-0.39, 0.29) is 10.8 Å². The number of rotatable bonds is 5. The van der Waals surface area contributed by atoms with Gasteiger partial charge in [0.2, 0.25) is 0 Å². The van der Waals surface area contributed by atoms with Crippen molar-refractivity contribution >= 4 is 60.5 Å². The molecule has 0 N–H and O–H groups in total. The van der Waals surface area contributed by atoms with Crippen molar-refractivity contribution in [3.05, 3.63) is 222 Å². The summed E-state index contributed by atoms with van der Waals surface area (Å²) in [4.78, 5) is 2.53. The van der Waals surface area contributed by atoms with Gasteiger partial charge in [0.1, 0.15) is 11.2 Å². The Morgan fingerprint density at radius 1 is 0.359 bits per heavy atom. The summed E-state index contributed by atoms with van der Waals surface area (Å²) < 4.78 is 7.10. The summed E-state index contributed by atoms with van der Waals surface area (Å²) in [6, 6.07) is 74.1. The molecule has 0 aliphatic heterocycles. The molecule has 64 heavy (non-hydrogen) atoms. The zero-order chi connectivity index (χ0) is 42.9. The lowest BCUT2D eigenvalue weighted by Crippen LogP contribution is -2.18. The molecule has 2 nitrogen and oxygen atoms in total. The number of anilines is 3. The summed E-state index contributed by atoms with van der Waals surface area (Å²) in [7, 11) is 0. The average Bonchev–Trinajstić information content (AvgIpc) is 3.92. The van der Waals surface area contributed by atoms with Crippen LogP contribution < -0.4 is 4.90 Å². The van der Waals surface area contributed by atoms with Crippen LogP contribution in [0.5, 0.6) is 0 Å². The smallest absolute Gasteiger partial charge is 0.143 e. The van der Waals surface area contributed by atoms with Gasteiger partial charge in [-0.2, -0.15) is 0 Å². The second-order valence-electron chi connectivity index (χ2n) is 18.8. The van der Waals surface area contributed by atoms with E-state index in [1.807, 2.05) is 0 Å². The number of benzene rings is 10. The second kappa shape index (κ2) is 13.4. The Morgan fingerprint density at radius 3 is 1.44 bits per heavy atom. The minimum Gasteiger partial charge on any atom is -0.455 e. The molecule has 0 saturated heterocycles. The summed E-state index contributed by atoms with van der Waals surface area (Å²) in [6.45, 7) is 9.50. The van der Waals surface area contributed by atoms with Gasteiger partial charge in [-0.15, -0.1) is 0 Å². The molecule has 0 unspecified atom stereocenters. The van der Waals surface area contributed by atoms with Gasteiger partial charge in [-0.1, -0.05) is 191 Å². The lowest BCUT2D eigenvalue weighted by atomic mass is 9.82. The first-order valence-electron chi connectivity index (χ1n) is 22.5. The highest BCUT2D eigenvalue weighted by molar-refractivity contribution is 6.33. The Morgan fingerprint density at radius 2 is 0.828 bits per heavy atom. The molecule has 2 aliphatic carbocycles. The Balaban J connectivity index is 1.14. The summed E-state index contributed by atoms with van der Waals surface area (Å²) >= 11 is 0. The van der Waals surface area contributed by atoms with Gasteiger partial charge in [-0.25, -0.2) is 0 Å². The van der Waals surface area contributed by atoms with Gasteiger partial charge in [-0.05, 0) is 114 Å². The van der Waals surface area contributed by atoms with Gasteiger partial charge >= 0.3 is 0 Å². The van der Waals surface area contributed by atoms with Crippen LogP contribution in [-0.4, -0.2) is 0 Å². The molecule has 11 aromatic rings. The van der Waals surface area contributed by atoms with Crippen molar-refractivity contribution in [1.82, 2.24) is 0 Å². The van der Waals surface area contributed by atoms with E-state index in [9.17, 15) is 0 Å². The molecule has 13 rings (SSSR count). The Hall–Kier alpha value is -7.68. The zero-order valence-corrected chi connectivity index (χ0v) is 36.4. The van der Waals surface area contributed by atoms with E-state index in [1.54, 1.807) is 0 Å². The lowest BCUT2D eigenvalue weighted by molar-refractivity contribution is 0.660. The van der Waals surface area contributed by atoms with Crippen LogP contribution in [0, 0.1) is 0 Å². The summed E-state index contributed by atoms with van der Waals surface area (Å²) in [5.74, 6) is 0. The van der Waals surface area contributed by atoms with Crippen LogP contribution in [0.2, 0.25) is 0 Å². The van der Waals surface area contributed by atoms with Crippen LogP contribution in [0.1, 0.15) is 49.9 Å². The molecule has 0 amide bonds. The van der Waals surface area contributed by atoms with Gasteiger partial charge in [-0.3, -0.25) is 0 Å². The SMILES string of the molecule is CC1(C)c2ccccc2-c2ccc(N(c3ccc4c(c3)C(C)(C)c3ccccc3-4)c3ccc4oc5c6ccccc6c6ccccc6c5c4c3-c3ccc(-c4ccccc4)cc3)cc21. The molecule has 1 aromatic heterocycles. The fourth-order valence-corrected chi connectivity index (χ4v) is 11.5. The van der Waals surface area contributed by atoms with Crippen LogP contribution in [0.15, 0.2) is 205 Å². The highest BCUT2D eigenvalue weighted by atomic mass is 16.3. The summed E-state index contributed by atoms with van der Waals surface area (Å²) in [5.41, 5.74) is 20.1. The maximum atomic E-state index is 7.10. The number of nitrogens with zero attached hydrogens (tertiary/aromatic N) is 1. The molecule has 0 saturated carbocycles. The van der Waals surface area contributed by atoms with Crippen molar-refractivity contribution in [2.45, 2.75) is 38.5 Å². The van der Waals surface area contributed by atoms with Crippen LogP contribution in [0.25, 0.3) is 88.0 Å². The van der Waals surface area contributed by atoms with Crippen LogP contribution in [0.4, 0.5) is 17.1 Å². The maximum absolute atomic E-state index is 7.10. The Bertz CT molecular complexity index is 3610. The van der Waals surface area contributed by atoms with Crippen molar-refractivity contribution in [3.8, 4) is 44.5 Å². The molecule has 304 valence electrons. The highest BCUT2D eigenvalue weighted by Gasteiger charge is 2.38. The maximum Gasteiger partial charge on any atom is 0.143 e. The molecule has 2 heteroatoms. The van der Waals surface area contributed by atoms with E-state index in [4.69, 9.17) is 4.42 Å². The predicted octanol–water partition coefficient (Wildman–Crippen LogP) is 17.3. The fourth-order valence-electron chi connectivity index (χ4n) is 11.5. The van der Waals surface area contributed by atoms with Gasteiger partial charge < -0.3 is 9.32 Å². The lowest BCUT2D eigenvalue weighted by Gasteiger charge is -2.31. The van der Waals surface area contributed by atoms with Gasteiger partial charge in [0.05, 0.1) is 5.69 Å². The zero-order valence-electron chi connectivity index (χ0n) is 36.4. The van der Waals surface area contributed by atoms with E-state index >= 15 is 0 Å². The fraction of sp³-hybridized carbons (Fsp3) is 0.0968. The largest absolute Gasteiger partial charge is 0.455 e. The minimum absolute atomic E-state index is 0.171. The van der Waals surface area contributed by atoms with Crippen molar-refractivity contribution in [2.24, 2.45) is 0 Å². The number of fused-ring (bicyclic) bond motifs is 14. The third-order valence-electron chi connectivity index (χ3n) is 14.7. The summed E-state index contributed by atoms with van der Waals surface area (Å²) in [5, 5.41) is 7.00. The molecule has 0 spiro atoms. The monoisotopic (exact) mass is 819 g/mol. The predicted molar refractivity (Wildman–Crippen MR) is 269 cm³/mol. The van der Waals surface area contributed by atoms with Gasteiger partial charge in [0.15, 0.2) is 0 Å². The van der Waals surface area contributed by atoms with Crippen LogP contribution in [-0.2, 0) is 10.8 Å². The topological polar surface area (TPSA) is 16.4 Å². The average molecular weight is 820 g/mol. The van der Waals surface area contributed by atoms with E-state index in [0.29, 0.717) is 0 Å². The summed E-state index contributed by atoms with van der Waals surface area (Å²) in [6.07, 6.45) is 0. The second-order valence-corrected chi connectivity index (χ2v) is 18.8. The normalized spacial score (nSPS) is 14.2. The molecular weight excluding hydrogens is 775 g/mol. The van der Waals surface area contributed by atoms with Crippen LogP contribution >= 0.6 is 0 Å². The standard InChI is InChI=1S/C62H45NO/c1-61(2)51-24-14-12-20-45(51)47-32-30-41(36-53(47)61)63(42-31-33-48-46-21-13-15-25-52(46)62(3,4)54(48)37-42)55-34-35-56-59(57(55)40-28-26-39(27-29-40)38-16-6-5-7-17-38)58-49-22-10-8-18-43(49)44-19-9-11-23-50(44)60(58)64-56/h5-37H,1-4H3. The molecule has 0 bridgehead atoms. The molecule has 1 heterocycles. The quantitative estimate of drug-likeness (QED) is 0.161. The van der Waals surface area contributed by atoms with E-state index in [0.717, 1.165) is 55.5 Å². The molecule has 0 fully saturated rings. The number of furan rings is 1. The van der Waals surface area contributed by atoms with Gasteiger partial charge in [0, 0.05) is 43.9 Å². The molecule has 0 radical (unpaired) electrons. The Kier molecular flexibility index (Phi) is 7.74. The van der Waals surface area contributed by atoms with Crippen molar-refractivity contribution < 1.29 is 4.42 Å². The van der Waals surface area contributed by atoms with Crippen molar-refractivity contribution in [2.75, 3.05) is 4.90 Å². The molecule has 10 aromatic carbocycles. The molecular formula is C62H45NO. The third kappa shape index (κ3) is 5.14. The van der Waals surface area contributed by atoms with E-state index < -0.39 is 0 Å². The third-order valence-corrected chi connectivity index (χ3v) is 14.7. The van der Waals surface area contributed by atoms with E-state index in [2.05, 4.69) is 233 Å². The highest BCUT2D eigenvalue weighted by Crippen LogP contribution is 2.55. The first-order chi connectivity index (χ1) is 31.3. The minimum atomic E-state index is -0.171. The van der Waals surface area contributed by atoms with E-state index in [1.165, 1.54) is 71.8 Å². The number of hydrogen-bond donors (Lipinski definition) is 0. The first-order valence-corrected chi connectivity index (χ1v) is 22.5. The number of hydrogen-bond acceptors (Lipinski definition) is 2. The van der Waals surface area contributed by atoms with Crippen LogP contribution in [0.3, 0.4) is 0 Å². The molecule has 0 atom stereocenters.